The van der Waals surface area contributed by atoms with Gasteiger partial charge in [0, 0.05) is 32.3 Å². The highest BCUT2D eigenvalue weighted by Crippen LogP contribution is 2.48. The molecule has 6 nitrogen and oxygen atoms in total. The lowest BCUT2D eigenvalue weighted by Gasteiger charge is -2.25. The zero-order valence-corrected chi connectivity index (χ0v) is 32.7. The summed E-state index contributed by atoms with van der Waals surface area (Å²) < 4.78 is 13.8. The van der Waals surface area contributed by atoms with Gasteiger partial charge in [-0.2, -0.15) is 5.26 Å². The Morgan fingerprint density at radius 2 is 0.864 bits per heavy atom. The maximum absolute atomic E-state index is 11.6. The van der Waals surface area contributed by atoms with Crippen molar-refractivity contribution in [2.75, 3.05) is 0 Å². The van der Waals surface area contributed by atoms with Crippen molar-refractivity contribution >= 4 is 76.5 Å². The summed E-state index contributed by atoms with van der Waals surface area (Å²) in [5, 5.41) is 18.4. The third-order valence-corrected chi connectivity index (χ3v) is 12.0. The lowest BCUT2D eigenvalue weighted by molar-refractivity contribution is 0.619. The maximum Gasteiger partial charge on any atom is 0.229 e. The van der Waals surface area contributed by atoms with E-state index in [1.165, 1.54) is 16.7 Å². The molecule has 0 saturated carbocycles. The molecular formula is C53H35N5O. The van der Waals surface area contributed by atoms with Crippen molar-refractivity contribution in [3.8, 4) is 34.6 Å². The van der Waals surface area contributed by atoms with Crippen LogP contribution < -0.4 is 0 Å². The van der Waals surface area contributed by atoms with Crippen LogP contribution in [0.3, 0.4) is 0 Å². The van der Waals surface area contributed by atoms with Crippen molar-refractivity contribution in [2.45, 2.75) is 20.8 Å². The highest BCUT2D eigenvalue weighted by Gasteiger charge is 2.31. The van der Waals surface area contributed by atoms with Gasteiger partial charge in [0.15, 0.2) is 5.58 Å². The Morgan fingerprint density at radius 1 is 0.441 bits per heavy atom. The zero-order valence-electron chi connectivity index (χ0n) is 32.7. The summed E-state index contributed by atoms with van der Waals surface area (Å²) in [6, 6.07) is 58.3. The van der Waals surface area contributed by atoms with E-state index in [9.17, 15) is 5.26 Å². The SMILES string of the molecule is Cc1ccc2c(c1)c1ccccc1n2-c1c(C#N)cc(-c2nc3ccccc3o2)c(-n2c3ccccc3c3cc(C)ccc32)c1-n1c2ccccc2c2cc(C)ccc21. The summed E-state index contributed by atoms with van der Waals surface area (Å²) in [5.41, 5.74) is 14.8. The Labute approximate surface area is 339 Å². The fourth-order valence-electron chi connectivity index (χ4n) is 9.53. The van der Waals surface area contributed by atoms with E-state index < -0.39 is 0 Å². The molecule has 0 spiro atoms. The van der Waals surface area contributed by atoms with Crippen molar-refractivity contribution in [3.63, 3.8) is 0 Å². The molecule has 0 N–H and O–H groups in total. The van der Waals surface area contributed by atoms with Gasteiger partial charge < -0.3 is 18.1 Å². The summed E-state index contributed by atoms with van der Waals surface area (Å²) in [6.45, 7) is 6.42. The number of aromatic nitrogens is 4. The van der Waals surface area contributed by atoms with Gasteiger partial charge >= 0.3 is 0 Å². The number of nitrogens with zero attached hydrogens (tertiary/aromatic N) is 5. The molecule has 0 unspecified atom stereocenters. The van der Waals surface area contributed by atoms with Crippen LogP contribution in [0.2, 0.25) is 0 Å². The van der Waals surface area contributed by atoms with Crippen LogP contribution in [0.15, 0.2) is 162 Å². The first-order valence-corrected chi connectivity index (χ1v) is 19.9. The van der Waals surface area contributed by atoms with Crippen LogP contribution in [0.1, 0.15) is 22.3 Å². The lowest BCUT2D eigenvalue weighted by atomic mass is 10.0. The van der Waals surface area contributed by atoms with E-state index in [-0.39, 0.29) is 0 Å². The molecule has 0 aliphatic rings. The van der Waals surface area contributed by atoms with Crippen LogP contribution in [0.25, 0.3) is 105 Å². The van der Waals surface area contributed by atoms with Gasteiger partial charge in [-0.15, -0.1) is 0 Å². The van der Waals surface area contributed by atoms with Gasteiger partial charge in [0.25, 0.3) is 0 Å². The zero-order chi connectivity index (χ0) is 39.5. The average Bonchev–Trinajstić information content (AvgIpc) is 4.01. The van der Waals surface area contributed by atoms with Crippen LogP contribution in [-0.4, -0.2) is 18.7 Å². The molecule has 0 aliphatic heterocycles. The largest absolute Gasteiger partial charge is 0.436 e. The standard InChI is InChI=1S/C53H35N5O/c1-31-20-23-46-38(26-31)35-12-4-8-16-43(35)56(46)50-34(30-54)29-41(53-55-42-15-7-11-19-49(42)59-53)51(57-44-17-9-5-13-36(44)39-27-32(2)21-24-47(39)57)52(50)58-45-18-10-6-14-37(45)40-28-33(3)22-25-48(40)58/h4-29H,1-3H3. The lowest BCUT2D eigenvalue weighted by Crippen LogP contribution is -2.13. The number of hydrogen-bond donors (Lipinski definition) is 0. The fourth-order valence-corrected chi connectivity index (χ4v) is 9.53. The highest BCUT2D eigenvalue weighted by atomic mass is 16.3. The van der Waals surface area contributed by atoms with E-state index in [0.717, 1.165) is 93.6 Å². The molecule has 278 valence electrons. The molecule has 0 bridgehead atoms. The minimum absolute atomic E-state index is 0.443. The molecule has 0 aliphatic carbocycles. The number of hydrogen-bond acceptors (Lipinski definition) is 3. The van der Waals surface area contributed by atoms with Crippen LogP contribution in [0.5, 0.6) is 0 Å². The summed E-state index contributed by atoms with van der Waals surface area (Å²) in [5.74, 6) is 0.443. The van der Waals surface area contributed by atoms with E-state index >= 15 is 0 Å². The molecule has 4 heterocycles. The summed E-state index contributed by atoms with van der Waals surface area (Å²) >= 11 is 0. The number of nitriles is 1. The Morgan fingerprint density at radius 3 is 1.36 bits per heavy atom. The smallest absolute Gasteiger partial charge is 0.229 e. The molecule has 12 rings (SSSR count). The van der Waals surface area contributed by atoms with Gasteiger partial charge in [-0.25, -0.2) is 4.98 Å². The van der Waals surface area contributed by atoms with Gasteiger partial charge in [0.2, 0.25) is 5.89 Å². The molecule has 0 atom stereocenters. The molecule has 0 saturated heterocycles. The number of para-hydroxylation sites is 5. The summed E-state index contributed by atoms with van der Waals surface area (Å²) in [6.07, 6.45) is 0. The predicted molar refractivity (Wildman–Crippen MR) is 241 cm³/mol. The van der Waals surface area contributed by atoms with Gasteiger partial charge in [-0.1, -0.05) is 102 Å². The Balaban J connectivity index is 1.41. The van der Waals surface area contributed by atoms with Crippen LogP contribution in [0.4, 0.5) is 0 Å². The Hall–Kier alpha value is -7.88. The Kier molecular flexibility index (Phi) is 6.94. The van der Waals surface area contributed by atoms with E-state index in [4.69, 9.17) is 9.40 Å². The first kappa shape index (κ1) is 33.3. The van der Waals surface area contributed by atoms with Crippen LogP contribution in [-0.2, 0) is 0 Å². The quantitative estimate of drug-likeness (QED) is 0.180. The molecule has 6 heteroatoms. The van der Waals surface area contributed by atoms with Crippen molar-refractivity contribution in [3.05, 3.63) is 180 Å². The molecule has 0 fully saturated rings. The molecule has 0 amide bonds. The summed E-state index contributed by atoms with van der Waals surface area (Å²) in [4.78, 5) is 5.16. The Bertz CT molecular complexity index is 3760. The second-order valence-electron chi connectivity index (χ2n) is 15.7. The van der Waals surface area contributed by atoms with Crippen molar-refractivity contribution in [2.24, 2.45) is 0 Å². The van der Waals surface area contributed by atoms with E-state index in [1.807, 2.05) is 30.3 Å². The van der Waals surface area contributed by atoms with E-state index in [1.54, 1.807) is 0 Å². The highest BCUT2D eigenvalue weighted by molar-refractivity contribution is 6.15. The van der Waals surface area contributed by atoms with Crippen LogP contribution in [0, 0.1) is 32.1 Å². The number of aryl methyl sites for hydroxylation is 3. The van der Waals surface area contributed by atoms with Gasteiger partial charge in [-0.05, 0) is 93.6 Å². The second kappa shape index (κ2) is 12.3. The van der Waals surface area contributed by atoms with Crippen molar-refractivity contribution in [1.82, 2.24) is 18.7 Å². The first-order chi connectivity index (χ1) is 29.0. The number of rotatable bonds is 4. The molecule has 59 heavy (non-hydrogen) atoms. The van der Waals surface area contributed by atoms with E-state index in [0.29, 0.717) is 17.0 Å². The van der Waals surface area contributed by atoms with Crippen molar-refractivity contribution in [1.29, 1.82) is 5.26 Å². The minimum atomic E-state index is 0.443. The fraction of sp³-hybridized carbons (Fsp3) is 0.0566. The van der Waals surface area contributed by atoms with Gasteiger partial charge in [-0.3, -0.25) is 0 Å². The molecular weight excluding hydrogens is 723 g/mol. The van der Waals surface area contributed by atoms with Crippen LogP contribution >= 0.6 is 0 Å². The second-order valence-corrected chi connectivity index (χ2v) is 15.7. The molecule has 4 aromatic heterocycles. The number of fused-ring (bicyclic) bond motifs is 10. The third-order valence-electron chi connectivity index (χ3n) is 12.0. The minimum Gasteiger partial charge on any atom is -0.436 e. The monoisotopic (exact) mass is 757 g/mol. The normalized spacial score (nSPS) is 12.0. The maximum atomic E-state index is 11.6. The molecule has 12 aromatic rings. The molecule has 8 aromatic carbocycles. The number of benzene rings is 8. The topological polar surface area (TPSA) is 64.6 Å². The average molecular weight is 758 g/mol. The summed E-state index contributed by atoms with van der Waals surface area (Å²) in [7, 11) is 0. The van der Waals surface area contributed by atoms with Gasteiger partial charge in [0.1, 0.15) is 11.6 Å². The predicted octanol–water partition coefficient (Wildman–Crippen LogP) is 13.6. The number of oxazole rings is 1. The molecule has 0 radical (unpaired) electrons. The van der Waals surface area contributed by atoms with Gasteiger partial charge in [0.05, 0.1) is 61.3 Å². The van der Waals surface area contributed by atoms with Crippen molar-refractivity contribution < 1.29 is 4.42 Å². The third kappa shape index (κ3) is 4.70. The van der Waals surface area contributed by atoms with E-state index in [2.05, 4.69) is 168 Å². The first-order valence-electron chi connectivity index (χ1n) is 19.9.